The zero-order chi connectivity index (χ0) is 26.9. The Labute approximate surface area is 228 Å². The molecule has 7 nitrogen and oxygen atoms in total. The van der Waals surface area contributed by atoms with Crippen LogP contribution in [0.4, 0.5) is 0 Å². The molecular weight excluding hydrogens is 488 g/mol. The number of oxazole rings is 1. The van der Waals surface area contributed by atoms with Crippen LogP contribution in [0.5, 0.6) is 11.5 Å². The summed E-state index contributed by atoms with van der Waals surface area (Å²) in [4.78, 5) is 23.4. The molecule has 5 rings (SSSR count). The molecule has 1 atom stereocenters. The first-order valence-electron chi connectivity index (χ1n) is 12.9. The molecule has 2 heterocycles. The summed E-state index contributed by atoms with van der Waals surface area (Å²) in [6.45, 7) is 3.61. The van der Waals surface area contributed by atoms with Crippen LogP contribution < -0.4 is 10.1 Å². The van der Waals surface area contributed by atoms with Crippen LogP contribution in [0.3, 0.4) is 0 Å². The molecule has 0 saturated heterocycles. The zero-order valence-corrected chi connectivity index (χ0v) is 21.7. The van der Waals surface area contributed by atoms with E-state index in [-0.39, 0.29) is 17.6 Å². The molecule has 0 aliphatic heterocycles. The average Bonchev–Trinajstić information content (AvgIpc) is 3.46. The Morgan fingerprint density at radius 1 is 0.872 bits per heavy atom. The standard InChI is InChI=1S/C32H30N4O3/c1-24(27-10-4-2-5-11-27)36(21-26-9-8-14-29(19-26)39-28-12-6-3-7-13-28)22-31-35-30(23-38-31)32(37)34-20-25-15-17-33-18-16-25/h2-19,23-24H,20-22H2,1H3,(H,34,37). The number of aromatic nitrogens is 2. The lowest BCUT2D eigenvalue weighted by Crippen LogP contribution is -2.27. The number of hydrogen-bond donors (Lipinski definition) is 1. The van der Waals surface area contributed by atoms with E-state index in [1.807, 2.05) is 78.9 Å². The van der Waals surface area contributed by atoms with Crippen LogP contribution in [-0.4, -0.2) is 20.8 Å². The number of ether oxygens (including phenoxy) is 1. The number of carbonyl (C=O) groups is 1. The second-order valence-corrected chi connectivity index (χ2v) is 9.22. The molecule has 196 valence electrons. The van der Waals surface area contributed by atoms with Gasteiger partial charge in [0.05, 0.1) is 6.54 Å². The molecule has 1 N–H and O–H groups in total. The Kier molecular flexibility index (Phi) is 8.41. The van der Waals surface area contributed by atoms with Crippen LogP contribution in [0, 0.1) is 0 Å². The molecule has 7 heteroatoms. The van der Waals surface area contributed by atoms with Crippen molar-refractivity contribution in [1.29, 1.82) is 0 Å². The van der Waals surface area contributed by atoms with Crippen molar-refractivity contribution < 1.29 is 13.9 Å². The summed E-state index contributed by atoms with van der Waals surface area (Å²) >= 11 is 0. The highest BCUT2D eigenvalue weighted by molar-refractivity contribution is 5.91. The van der Waals surface area contributed by atoms with Gasteiger partial charge < -0.3 is 14.5 Å². The third-order valence-corrected chi connectivity index (χ3v) is 6.42. The van der Waals surface area contributed by atoms with E-state index in [1.54, 1.807) is 12.4 Å². The highest BCUT2D eigenvalue weighted by Crippen LogP contribution is 2.27. The van der Waals surface area contributed by atoms with Crippen molar-refractivity contribution in [1.82, 2.24) is 20.2 Å². The minimum absolute atomic E-state index is 0.0702. The van der Waals surface area contributed by atoms with Gasteiger partial charge in [-0.3, -0.25) is 14.7 Å². The van der Waals surface area contributed by atoms with E-state index in [0.717, 1.165) is 22.6 Å². The van der Waals surface area contributed by atoms with Gasteiger partial charge in [-0.05, 0) is 60.0 Å². The number of carbonyl (C=O) groups excluding carboxylic acids is 1. The first-order valence-corrected chi connectivity index (χ1v) is 12.9. The quantitative estimate of drug-likeness (QED) is 0.213. The van der Waals surface area contributed by atoms with Crippen molar-refractivity contribution in [2.75, 3.05) is 0 Å². The number of benzene rings is 3. The van der Waals surface area contributed by atoms with Crippen LogP contribution in [0.2, 0.25) is 0 Å². The van der Waals surface area contributed by atoms with Crippen molar-refractivity contribution in [3.63, 3.8) is 0 Å². The molecule has 0 fully saturated rings. The van der Waals surface area contributed by atoms with Gasteiger partial charge in [0.15, 0.2) is 5.69 Å². The van der Waals surface area contributed by atoms with Crippen molar-refractivity contribution >= 4 is 5.91 Å². The van der Waals surface area contributed by atoms with Crippen molar-refractivity contribution in [2.24, 2.45) is 0 Å². The third-order valence-electron chi connectivity index (χ3n) is 6.42. The summed E-state index contributed by atoms with van der Waals surface area (Å²) < 4.78 is 11.8. The number of hydrogen-bond acceptors (Lipinski definition) is 6. The molecule has 1 amide bonds. The van der Waals surface area contributed by atoms with Crippen molar-refractivity contribution in [3.05, 3.63) is 144 Å². The third kappa shape index (κ3) is 7.18. The number of pyridine rings is 1. The van der Waals surface area contributed by atoms with Gasteiger partial charge in [0.2, 0.25) is 5.89 Å². The van der Waals surface area contributed by atoms with E-state index in [4.69, 9.17) is 9.15 Å². The number of para-hydroxylation sites is 1. The molecule has 3 aromatic carbocycles. The molecule has 2 aromatic heterocycles. The van der Waals surface area contributed by atoms with Gasteiger partial charge in [-0.2, -0.15) is 0 Å². The molecule has 5 aromatic rings. The van der Waals surface area contributed by atoms with E-state index in [1.165, 1.54) is 11.8 Å². The Hall–Kier alpha value is -4.75. The van der Waals surface area contributed by atoms with E-state index >= 15 is 0 Å². The smallest absolute Gasteiger partial charge is 0.273 e. The molecule has 0 radical (unpaired) electrons. The molecular formula is C32H30N4O3. The van der Waals surface area contributed by atoms with Crippen molar-refractivity contribution in [2.45, 2.75) is 32.6 Å². The zero-order valence-electron chi connectivity index (χ0n) is 21.7. The second kappa shape index (κ2) is 12.7. The van der Waals surface area contributed by atoms with Gasteiger partial charge in [-0.25, -0.2) is 4.98 Å². The predicted octanol–water partition coefficient (Wildman–Crippen LogP) is 6.56. The monoisotopic (exact) mass is 518 g/mol. The Morgan fingerprint density at radius 3 is 2.36 bits per heavy atom. The maximum absolute atomic E-state index is 12.7. The fourth-order valence-electron chi connectivity index (χ4n) is 4.27. The highest BCUT2D eigenvalue weighted by Gasteiger charge is 2.21. The normalized spacial score (nSPS) is 11.7. The second-order valence-electron chi connectivity index (χ2n) is 9.22. The summed E-state index contributed by atoms with van der Waals surface area (Å²) in [6.07, 6.45) is 4.81. The van der Waals surface area contributed by atoms with E-state index < -0.39 is 0 Å². The topological polar surface area (TPSA) is 80.5 Å². The summed E-state index contributed by atoms with van der Waals surface area (Å²) in [5.41, 5.74) is 3.48. The molecule has 1 unspecified atom stereocenters. The fraction of sp³-hybridized carbons (Fsp3) is 0.156. The predicted molar refractivity (Wildman–Crippen MR) is 149 cm³/mol. The SMILES string of the molecule is CC(c1ccccc1)N(Cc1cccc(Oc2ccccc2)c1)Cc1nc(C(=O)NCc2ccncc2)co1. The molecule has 0 aliphatic carbocycles. The van der Waals surface area contributed by atoms with Crippen LogP contribution in [-0.2, 0) is 19.6 Å². The average molecular weight is 519 g/mol. The van der Waals surface area contributed by atoms with Crippen LogP contribution in [0.25, 0.3) is 0 Å². The summed E-state index contributed by atoms with van der Waals surface area (Å²) in [6, 6.07) is 31.9. The molecule has 0 saturated carbocycles. The Bertz CT molecular complexity index is 1470. The lowest BCUT2D eigenvalue weighted by atomic mass is 10.1. The van der Waals surface area contributed by atoms with E-state index in [2.05, 4.69) is 45.3 Å². The molecule has 39 heavy (non-hydrogen) atoms. The lowest BCUT2D eigenvalue weighted by Gasteiger charge is -2.28. The lowest BCUT2D eigenvalue weighted by molar-refractivity contribution is 0.0945. The van der Waals surface area contributed by atoms with Gasteiger partial charge in [0.25, 0.3) is 5.91 Å². The van der Waals surface area contributed by atoms with Crippen molar-refractivity contribution in [3.8, 4) is 11.5 Å². The summed E-state index contributed by atoms with van der Waals surface area (Å²) in [5.74, 6) is 1.76. The first kappa shape index (κ1) is 25.9. The minimum Gasteiger partial charge on any atom is -0.457 e. The molecule has 0 aliphatic rings. The van der Waals surface area contributed by atoms with Gasteiger partial charge in [0, 0.05) is 31.5 Å². The Balaban J connectivity index is 1.31. The number of nitrogens with zero attached hydrogens (tertiary/aromatic N) is 3. The molecule has 0 bridgehead atoms. The van der Waals surface area contributed by atoms with Crippen LogP contribution >= 0.6 is 0 Å². The summed E-state index contributed by atoms with van der Waals surface area (Å²) in [7, 11) is 0. The summed E-state index contributed by atoms with van der Waals surface area (Å²) in [5, 5.41) is 2.88. The largest absolute Gasteiger partial charge is 0.457 e. The van der Waals surface area contributed by atoms with Gasteiger partial charge >= 0.3 is 0 Å². The van der Waals surface area contributed by atoms with E-state index in [9.17, 15) is 4.79 Å². The van der Waals surface area contributed by atoms with Crippen LogP contribution in [0.1, 0.15) is 46.0 Å². The number of amides is 1. The first-order chi connectivity index (χ1) is 19.1. The van der Waals surface area contributed by atoms with Gasteiger partial charge in [-0.15, -0.1) is 0 Å². The Morgan fingerprint density at radius 2 is 1.59 bits per heavy atom. The van der Waals surface area contributed by atoms with E-state index in [0.29, 0.717) is 25.5 Å². The van der Waals surface area contributed by atoms with Gasteiger partial charge in [-0.1, -0.05) is 60.7 Å². The maximum Gasteiger partial charge on any atom is 0.273 e. The van der Waals surface area contributed by atoms with Crippen LogP contribution in [0.15, 0.2) is 120 Å². The highest BCUT2D eigenvalue weighted by atomic mass is 16.5. The number of nitrogens with one attached hydrogen (secondary N) is 1. The fourth-order valence-corrected chi connectivity index (χ4v) is 4.27. The minimum atomic E-state index is -0.282. The van der Waals surface area contributed by atoms with Gasteiger partial charge in [0.1, 0.15) is 17.8 Å². The number of rotatable bonds is 11. The molecule has 0 spiro atoms. The maximum atomic E-state index is 12.7.